The Balaban J connectivity index is 2.39. The van der Waals surface area contributed by atoms with E-state index in [4.69, 9.17) is 0 Å². The predicted octanol–water partition coefficient (Wildman–Crippen LogP) is 3.02. The van der Waals surface area contributed by atoms with Crippen LogP contribution in [0.15, 0.2) is 18.2 Å². The summed E-state index contributed by atoms with van der Waals surface area (Å²) in [4.78, 5) is 26.0. The standard InChI is InChI=1S/C17H23NO3/c1-11-7-8-13-12(10-11)6-5-9-18(13)15(19)14(16(20)21)17(2,3)4/h7-8,10,14H,5-6,9H2,1-4H3,(H,20,21). The summed E-state index contributed by atoms with van der Waals surface area (Å²) >= 11 is 0. The lowest BCUT2D eigenvalue weighted by molar-refractivity contribution is -0.150. The van der Waals surface area contributed by atoms with E-state index in [9.17, 15) is 14.7 Å². The molecule has 0 aromatic heterocycles. The van der Waals surface area contributed by atoms with E-state index in [0.717, 1.165) is 29.7 Å². The number of aryl methyl sites for hydroxylation is 2. The van der Waals surface area contributed by atoms with Crippen molar-refractivity contribution in [1.29, 1.82) is 0 Å². The van der Waals surface area contributed by atoms with Crippen LogP contribution < -0.4 is 4.90 Å². The normalized spacial score (nSPS) is 16.3. The molecule has 0 fully saturated rings. The van der Waals surface area contributed by atoms with Gasteiger partial charge in [0, 0.05) is 12.2 Å². The molecular formula is C17H23NO3. The number of aliphatic carboxylic acids is 1. The highest BCUT2D eigenvalue weighted by atomic mass is 16.4. The molecule has 1 aliphatic rings. The first kappa shape index (κ1) is 15.5. The zero-order valence-electron chi connectivity index (χ0n) is 13.1. The van der Waals surface area contributed by atoms with Crippen molar-refractivity contribution in [1.82, 2.24) is 0 Å². The van der Waals surface area contributed by atoms with Crippen LogP contribution in [0.2, 0.25) is 0 Å². The SMILES string of the molecule is Cc1ccc2c(c1)CCCN2C(=O)C(C(=O)O)C(C)(C)C. The topological polar surface area (TPSA) is 57.6 Å². The zero-order valence-corrected chi connectivity index (χ0v) is 13.1. The van der Waals surface area contributed by atoms with Crippen LogP contribution in [0.4, 0.5) is 5.69 Å². The van der Waals surface area contributed by atoms with Crippen molar-refractivity contribution in [3.8, 4) is 0 Å². The van der Waals surface area contributed by atoms with Gasteiger partial charge in [0.25, 0.3) is 0 Å². The summed E-state index contributed by atoms with van der Waals surface area (Å²) in [5.41, 5.74) is 2.55. The van der Waals surface area contributed by atoms with E-state index in [2.05, 4.69) is 6.07 Å². The summed E-state index contributed by atoms with van der Waals surface area (Å²) < 4.78 is 0. The second kappa shape index (κ2) is 5.51. The van der Waals surface area contributed by atoms with Crippen LogP contribution in [0.1, 0.15) is 38.3 Å². The van der Waals surface area contributed by atoms with Gasteiger partial charge in [-0.05, 0) is 36.8 Å². The largest absolute Gasteiger partial charge is 0.481 e. The summed E-state index contributed by atoms with van der Waals surface area (Å²) in [6.45, 7) is 8.00. The quantitative estimate of drug-likeness (QED) is 0.851. The van der Waals surface area contributed by atoms with Gasteiger partial charge in [0.2, 0.25) is 5.91 Å². The molecule has 1 aromatic rings. The molecule has 21 heavy (non-hydrogen) atoms. The average Bonchev–Trinajstić information content (AvgIpc) is 2.35. The van der Waals surface area contributed by atoms with E-state index < -0.39 is 17.3 Å². The van der Waals surface area contributed by atoms with Crippen LogP contribution in [0.3, 0.4) is 0 Å². The Morgan fingerprint density at radius 3 is 2.52 bits per heavy atom. The summed E-state index contributed by atoms with van der Waals surface area (Å²) in [6.07, 6.45) is 1.81. The highest BCUT2D eigenvalue weighted by Crippen LogP contribution is 2.33. The molecule has 0 spiro atoms. The number of rotatable bonds is 2. The fourth-order valence-electron chi connectivity index (χ4n) is 2.96. The highest BCUT2D eigenvalue weighted by molar-refractivity contribution is 6.06. The van der Waals surface area contributed by atoms with Crippen LogP contribution >= 0.6 is 0 Å². The van der Waals surface area contributed by atoms with Gasteiger partial charge in [-0.3, -0.25) is 9.59 Å². The maximum atomic E-state index is 12.8. The lowest BCUT2D eigenvalue weighted by Crippen LogP contribution is -2.47. The lowest BCUT2D eigenvalue weighted by atomic mass is 9.79. The van der Waals surface area contributed by atoms with E-state index in [0.29, 0.717) is 6.54 Å². The first-order chi connectivity index (χ1) is 9.71. The summed E-state index contributed by atoms with van der Waals surface area (Å²) in [7, 11) is 0. The van der Waals surface area contributed by atoms with Gasteiger partial charge >= 0.3 is 5.97 Å². The second-order valence-electron chi connectivity index (χ2n) is 6.86. The first-order valence-corrected chi connectivity index (χ1v) is 7.35. The van der Waals surface area contributed by atoms with Crippen LogP contribution in [0.25, 0.3) is 0 Å². The number of benzene rings is 1. The highest BCUT2D eigenvalue weighted by Gasteiger charge is 2.41. The van der Waals surface area contributed by atoms with Gasteiger partial charge < -0.3 is 10.0 Å². The summed E-state index contributed by atoms with van der Waals surface area (Å²) in [5.74, 6) is -2.38. The molecule has 1 aromatic carbocycles. The van der Waals surface area contributed by atoms with Gasteiger partial charge in [-0.1, -0.05) is 38.5 Å². The van der Waals surface area contributed by atoms with Crippen molar-refractivity contribution in [3.63, 3.8) is 0 Å². The Kier molecular flexibility index (Phi) is 4.08. The minimum atomic E-state index is -1.05. The molecule has 1 amide bonds. The zero-order chi connectivity index (χ0) is 15.8. The minimum Gasteiger partial charge on any atom is -0.481 e. The number of carboxylic acids is 1. The fraction of sp³-hybridized carbons (Fsp3) is 0.529. The minimum absolute atomic E-state index is 0.306. The molecule has 2 rings (SSSR count). The maximum Gasteiger partial charge on any atom is 0.316 e. The molecule has 0 saturated heterocycles. The first-order valence-electron chi connectivity index (χ1n) is 7.35. The van der Waals surface area contributed by atoms with Crippen LogP contribution in [-0.2, 0) is 16.0 Å². The number of anilines is 1. The molecule has 0 aliphatic carbocycles. The molecule has 1 heterocycles. The second-order valence-corrected chi connectivity index (χ2v) is 6.86. The van der Waals surface area contributed by atoms with Crippen molar-refractivity contribution in [3.05, 3.63) is 29.3 Å². The van der Waals surface area contributed by atoms with E-state index in [1.807, 2.05) is 19.1 Å². The van der Waals surface area contributed by atoms with Gasteiger partial charge in [-0.15, -0.1) is 0 Å². The monoisotopic (exact) mass is 289 g/mol. The van der Waals surface area contributed by atoms with Crippen molar-refractivity contribution in [2.24, 2.45) is 11.3 Å². The number of carboxylic acid groups (broad SMARTS) is 1. The van der Waals surface area contributed by atoms with Gasteiger partial charge in [0.05, 0.1) is 0 Å². The Hall–Kier alpha value is -1.84. The summed E-state index contributed by atoms with van der Waals surface area (Å²) in [5, 5.41) is 9.45. The van der Waals surface area contributed by atoms with E-state index in [1.165, 1.54) is 0 Å². The Bertz CT molecular complexity index is 572. The van der Waals surface area contributed by atoms with Gasteiger partial charge in [-0.2, -0.15) is 0 Å². The number of nitrogens with zero attached hydrogens (tertiary/aromatic N) is 1. The third-order valence-electron chi connectivity index (χ3n) is 3.98. The van der Waals surface area contributed by atoms with Crippen molar-refractivity contribution < 1.29 is 14.7 Å². The van der Waals surface area contributed by atoms with E-state index in [1.54, 1.807) is 25.7 Å². The molecule has 4 nitrogen and oxygen atoms in total. The van der Waals surface area contributed by atoms with Crippen LogP contribution in [0, 0.1) is 18.3 Å². The van der Waals surface area contributed by atoms with Crippen LogP contribution in [-0.4, -0.2) is 23.5 Å². The molecule has 4 heteroatoms. The molecule has 1 atom stereocenters. The number of hydrogen-bond donors (Lipinski definition) is 1. The predicted molar refractivity (Wildman–Crippen MR) is 82.4 cm³/mol. The average molecular weight is 289 g/mol. The number of carbonyl (C=O) groups is 2. The fourth-order valence-corrected chi connectivity index (χ4v) is 2.96. The van der Waals surface area contributed by atoms with E-state index in [-0.39, 0.29) is 5.91 Å². The smallest absolute Gasteiger partial charge is 0.316 e. The Labute approximate surface area is 125 Å². The molecule has 0 radical (unpaired) electrons. The van der Waals surface area contributed by atoms with Gasteiger partial charge in [0.15, 0.2) is 0 Å². The molecule has 1 N–H and O–H groups in total. The van der Waals surface area contributed by atoms with Gasteiger partial charge in [-0.25, -0.2) is 0 Å². The molecule has 1 aliphatic heterocycles. The third kappa shape index (κ3) is 3.09. The lowest BCUT2D eigenvalue weighted by Gasteiger charge is -2.35. The Morgan fingerprint density at radius 1 is 1.29 bits per heavy atom. The number of carbonyl (C=O) groups excluding carboxylic acids is 1. The Morgan fingerprint density at radius 2 is 1.95 bits per heavy atom. The number of amides is 1. The number of fused-ring (bicyclic) bond motifs is 1. The molecule has 0 saturated carbocycles. The molecular weight excluding hydrogens is 266 g/mol. The summed E-state index contributed by atoms with van der Waals surface area (Å²) in [6, 6.07) is 5.99. The van der Waals surface area contributed by atoms with Crippen molar-refractivity contribution >= 4 is 17.6 Å². The molecule has 0 bridgehead atoms. The molecule has 1 unspecified atom stereocenters. The van der Waals surface area contributed by atoms with Gasteiger partial charge in [0.1, 0.15) is 5.92 Å². The van der Waals surface area contributed by atoms with E-state index >= 15 is 0 Å². The molecule has 114 valence electrons. The maximum absolute atomic E-state index is 12.8. The van der Waals surface area contributed by atoms with Crippen molar-refractivity contribution in [2.45, 2.75) is 40.5 Å². The van der Waals surface area contributed by atoms with Crippen molar-refractivity contribution in [2.75, 3.05) is 11.4 Å². The van der Waals surface area contributed by atoms with Crippen LogP contribution in [0.5, 0.6) is 0 Å². The third-order valence-corrected chi connectivity index (χ3v) is 3.98. The number of hydrogen-bond acceptors (Lipinski definition) is 2.